The average molecular weight is 272 g/mol. The smallest absolute Gasteiger partial charge is 0.323 e. The molecular formula is C14H28N2O3. The predicted octanol–water partition coefficient (Wildman–Crippen LogP) is 1.33. The number of nitrogens with one attached hydrogen (secondary N) is 1. The largest absolute Gasteiger partial charge is 0.480 e. The monoisotopic (exact) mass is 272 g/mol. The average Bonchev–Trinajstić information content (AvgIpc) is 2.50. The minimum atomic E-state index is -0.857. The molecule has 0 saturated carbocycles. The van der Waals surface area contributed by atoms with Crippen LogP contribution >= 0.6 is 0 Å². The summed E-state index contributed by atoms with van der Waals surface area (Å²) in [6, 6.07) is 0.160. The highest BCUT2D eigenvalue weighted by atomic mass is 16.5. The van der Waals surface area contributed by atoms with Gasteiger partial charge in [0.15, 0.2) is 0 Å². The topological polar surface area (TPSA) is 61.8 Å². The van der Waals surface area contributed by atoms with E-state index in [9.17, 15) is 9.90 Å². The molecule has 0 aliphatic carbocycles. The zero-order chi connectivity index (χ0) is 14.5. The molecular weight excluding hydrogens is 244 g/mol. The Morgan fingerprint density at radius 3 is 2.84 bits per heavy atom. The third-order valence-electron chi connectivity index (χ3n) is 3.54. The Morgan fingerprint density at radius 1 is 1.58 bits per heavy atom. The number of hydrogen-bond donors (Lipinski definition) is 2. The summed E-state index contributed by atoms with van der Waals surface area (Å²) in [6.45, 7) is 11.3. The van der Waals surface area contributed by atoms with Gasteiger partial charge < -0.3 is 14.7 Å². The number of hydrogen-bond acceptors (Lipinski definition) is 4. The maximum Gasteiger partial charge on any atom is 0.323 e. The van der Waals surface area contributed by atoms with Crippen LogP contribution in [0.4, 0.5) is 0 Å². The van der Waals surface area contributed by atoms with E-state index in [4.69, 9.17) is 4.74 Å². The standard InChI is InChI=1S/C14H28N2O3/c1-11(2)15-14(4,13(17)18)6-8-16-7-5-9-19-12(3)10-16/h11-12,15H,5-10H2,1-4H3,(H,17,18). The molecule has 1 rings (SSSR count). The Labute approximate surface area is 116 Å². The number of carboxylic acids is 1. The second-order valence-corrected chi connectivity index (χ2v) is 6.02. The van der Waals surface area contributed by atoms with Crippen molar-refractivity contribution in [3.63, 3.8) is 0 Å². The molecule has 0 radical (unpaired) electrons. The van der Waals surface area contributed by atoms with Crippen LogP contribution in [-0.2, 0) is 9.53 Å². The van der Waals surface area contributed by atoms with E-state index in [1.54, 1.807) is 6.92 Å². The minimum absolute atomic E-state index is 0.160. The zero-order valence-electron chi connectivity index (χ0n) is 12.6. The molecule has 112 valence electrons. The van der Waals surface area contributed by atoms with Crippen molar-refractivity contribution in [1.82, 2.24) is 10.2 Å². The Bertz CT molecular complexity index is 296. The molecule has 1 aliphatic heterocycles. The van der Waals surface area contributed by atoms with E-state index in [0.29, 0.717) is 6.42 Å². The van der Waals surface area contributed by atoms with Gasteiger partial charge in [-0.15, -0.1) is 0 Å². The van der Waals surface area contributed by atoms with E-state index in [2.05, 4.69) is 17.1 Å². The molecule has 0 spiro atoms. The van der Waals surface area contributed by atoms with Crippen molar-refractivity contribution in [2.45, 2.75) is 58.2 Å². The van der Waals surface area contributed by atoms with Gasteiger partial charge >= 0.3 is 5.97 Å². The second-order valence-electron chi connectivity index (χ2n) is 6.02. The minimum Gasteiger partial charge on any atom is -0.480 e. The third kappa shape index (κ3) is 5.47. The van der Waals surface area contributed by atoms with Crippen molar-refractivity contribution in [2.75, 3.05) is 26.2 Å². The number of ether oxygens (including phenoxy) is 1. The Morgan fingerprint density at radius 2 is 2.26 bits per heavy atom. The highest BCUT2D eigenvalue weighted by Gasteiger charge is 2.33. The van der Waals surface area contributed by atoms with Gasteiger partial charge in [-0.05, 0) is 40.5 Å². The molecule has 0 aromatic heterocycles. The maximum absolute atomic E-state index is 11.5. The van der Waals surface area contributed by atoms with E-state index in [-0.39, 0.29) is 12.1 Å². The summed E-state index contributed by atoms with van der Waals surface area (Å²) < 4.78 is 5.60. The molecule has 1 heterocycles. The molecule has 0 bridgehead atoms. The van der Waals surface area contributed by atoms with Crippen molar-refractivity contribution >= 4 is 5.97 Å². The van der Waals surface area contributed by atoms with Gasteiger partial charge in [0.05, 0.1) is 6.10 Å². The van der Waals surface area contributed by atoms with Gasteiger partial charge in [0.25, 0.3) is 0 Å². The fourth-order valence-electron chi connectivity index (χ4n) is 2.54. The Kier molecular flexibility index (Phi) is 6.23. The number of carbonyl (C=O) groups is 1. The molecule has 5 heteroatoms. The molecule has 0 aromatic rings. The van der Waals surface area contributed by atoms with Gasteiger partial charge in [-0.1, -0.05) is 0 Å². The summed E-state index contributed by atoms with van der Waals surface area (Å²) in [4.78, 5) is 13.8. The Hall–Kier alpha value is -0.650. The van der Waals surface area contributed by atoms with Gasteiger partial charge in [-0.25, -0.2) is 0 Å². The van der Waals surface area contributed by atoms with Crippen LogP contribution in [-0.4, -0.2) is 59.9 Å². The molecule has 1 fully saturated rings. The van der Waals surface area contributed by atoms with Crippen molar-refractivity contribution < 1.29 is 14.6 Å². The lowest BCUT2D eigenvalue weighted by Gasteiger charge is -2.31. The van der Waals surface area contributed by atoms with E-state index in [1.807, 2.05) is 13.8 Å². The first-order valence-corrected chi connectivity index (χ1v) is 7.18. The summed E-state index contributed by atoms with van der Waals surface area (Å²) >= 11 is 0. The molecule has 19 heavy (non-hydrogen) atoms. The van der Waals surface area contributed by atoms with Crippen LogP contribution in [0.1, 0.15) is 40.5 Å². The first kappa shape index (κ1) is 16.4. The zero-order valence-corrected chi connectivity index (χ0v) is 12.6. The van der Waals surface area contributed by atoms with Crippen molar-refractivity contribution in [3.8, 4) is 0 Å². The van der Waals surface area contributed by atoms with Gasteiger partial charge in [0, 0.05) is 32.3 Å². The molecule has 2 atom stereocenters. The number of rotatable bonds is 6. The number of carboxylic acid groups (broad SMARTS) is 1. The molecule has 0 aromatic carbocycles. The summed E-state index contributed by atoms with van der Waals surface area (Å²) in [7, 11) is 0. The molecule has 2 N–H and O–H groups in total. The highest BCUT2D eigenvalue weighted by molar-refractivity contribution is 5.78. The fraction of sp³-hybridized carbons (Fsp3) is 0.929. The maximum atomic E-state index is 11.5. The van der Waals surface area contributed by atoms with Crippen molar-refractivity contribution in [1.29, 1.82) is 0 Å². The van der Waals surface area contributed by atoms with Gasteiger partial charge in [0.1, 0.15) is 5.54 Å². The van der Waals surface area contributed by atoms with Gasteiger partial charge in [0.2, 0.25) is 0 Å². The van der Waals surface area contributed by atoms with Crippen LogP contribution in [0.25, 0.3) is 0 Å². The first-order chi connectivity index (χ1) is 8.83. The second kappa shape index (κ2) is 7.22. The van der Waals surface area contributed by atoms with Gasteiger partial charge in [-0.3, -0.25) is 10.1 Å². The highest BCUT2D eigenvalue weighted by Crippen LogP contribution is 2.14. The normalized spacial score (nSPS) is 25.0. The van der Waals surface area contributed by atoms with Crippen LogP contribution in [0.3, 0.4) is 0 Å². The SMILES string of the molecule is CC(C)NC(C)(CCN1CCCOC(C)C1)C(=O)O. The summed E-state index contributed by atoms with van der Waals surface area (Å²) in [5, 5.41) is 12.6. The predicted molar refractivity (Wildman–Crippen MR) is 75.4 cm³/mol. The molecule has 2 unspecified atom stereocenters. The summed E-state index contributed by atoms with van der Waals surface area (Å²) in [5.74, 6) is -0.777. The van der Waals surface area contributed by atoms with Crippen LogP contribution in [0.2, 0.25) is 0 Å². The lowest BCUT2D eigenvalue weighted by atomic mass is 9.96. The molecule has 5 nitrogen and oxygen atoms in total. The lowest BCUT2D eigenvalue weighted by Crippen LogP contribution is -2.54. The third-order valence-corrected chi connectivity index (χ3v) is 3.54. The molecule has 0 amide bonds. The fourth-order valence-corrected chi connectivity index (χ4v) is 2.54. The summed E-state index contributed by atoms with van der Waals surface area (Å²) in [6.07, 6.45) is 1.86. The van der Waals surface area contributed by atoms with E-state index < -0.39 is 11.5 Å². The van der Waals surface area contributed by atoms with Crippen LogP contribution in [0, 0.1) is 0 Å². The first-order valence-electron chi connectivity index (χ1n) is 7.18. The van der Waals surface area contributed by atoms with Crippen LogP contribution in [0.5, 0.6) is 0 Å². The molecule has 1 aliphatic rings. The number of nitrogens with zero attached hydrogens (tertiary/aromatic N) is 1. The van der Waals surface area contributed by atoms with Crippen molar-refractivity contribution in [2.24, 2.45) is 0 Å². The van der Waals surface area contributed by atoms with Crippen LogP contribution < -0.4 is 5.32 Å². The molecule has 1 saturated heterocycles. The van der Waals surface area contributed by atoms with E-state index in [1.165, 1.54) is 0 Å². The van der Waals surface area contributed by atoms with E-state index >= 15 is 0 Å². The Balaban J connectivity index is 2.53. The summed E-state index contributed by atoms with van der Waals surface area (Å²) in [5.41, 5.74) is -0.857. The van der Waals surface area contributed by atoms with Crippen LogP contribution in [0.15, 0.2) is 0 Å². The van der Waals surface area contributed by atoms with E-state index in [0.717, 1.165) is 32.7 Å². The van der Waals surface area contributed by atoms with Crippen molar-refractivity contribution in [3.05, 3.63) is 0 Å². The quantitative estimate of drug-likeness (QED) is 0.764. The lowest BCUT2D eigenvalue weighted by molar-refractivity contribution is -0.145. The number of aliphatic carboxylic acids is 1. The van der Waals surface area contributed by atoms with Gasteiger partial charge in [-0.2, -0.15) is 0 Å².